The molecule has 2 N–H and O–H groups in total. The first-order valence-electron chi connectivity index (χ1n) is 6.33. The summed E-state index contributed by atoms with van der Waals surface area (Å²) in [7, 11) is 1.69. The van der Waals surface area contributed by atoms with Crippen molar-refractivity contribution >= 4 is 0 Å². The molecule has 0 radical (unpaired) electrons. The van der Waals surface area contributed by atoms with Crippen LogP contribution >= 0.6 is 0 Å². The Morgan fingerprint density at radius 3 is 2.50 bits per heavy atom. The standard InChI is InChI=1S/C14H23NO3/c1-3-18-13-7-5-12(6-8-13)14(15)11-17-10-4-9-16-2/h5-8,14H,3-4,9-11,15H2,1-2H3. The number of nitrogens with two attached hydrogens (primary N) is 1. The van der Waals surface area contributed by atoms with Gasteiger partial charge < -0.3 is 19.9 Å². The molecule has 0 spiro atoms. The SMILES string of the molecule is CCOc1ccc(C(N)COCCCOC)cc1. The van der Waals surface area contributed by atoms with E-state index in [1.807, 2.05) is 31.2 Å². The smallest absolute Gasteiger partial charge is 0.119 e. The molecule has 0 heterocycles. The summed E-state index contributed by atoms with van der Waals surface area (Å²) in [6, 6.07) is 7.73. The van der Waals surface area contributed by atoms with E-state index in [1.165, 1.54) is 0 Å². The molecule has 4 heteroatoms. The van der Waals surface area contributed by atoms with Crippen LogP contribution in [0.1, 0.15) is 24.9 Å². The molecule has 4 nitrogen and oxygen atoms in total. The van der Waals surface area contributed by atoms with Crippen molar-refractivity contribution in [1.29, 1.82) is 0 Å². The van der Waals surface area contributed by atoms with Crippen LogP contribution in [0.15, 0.2) is 24.3 Å². The lowest BCUT2D eigenvalue weighted by molar-refractivity contribution is 0.0940. The molecule has 0 fully saturated rings. The molecule has 0 aliphatic heterocycles. The van der Waals surface area contributed by atoms with E-state index in [1.54, 1.807) is 7.11 Å². The van der Waals surface area contributed by atoms with Gasteiger partial charge in [-0.05, 0) is 31.0 Å². The zero-order valence-electron chi connectivity index (χ0n) is 11.2. The number of benzene rings is 1. The fourth-order valence-electron chi connectivity index (χ4n) is 1.59. The maximum Gasteiger partial charge on any atom is 0.119 e. The minimum absolute atomic E-state index is 0.0942. The van der Waals surface area contributed by atoms with Crippen molar-refractivity contribution < 1.29 is 14.2 Å². The number of ether oxygens (including phenoxy) is 3. The summed E-state index contributed by atoms with van der Waals surface area (Å²) in [5, 5.41) is 0. The zero-order valence-corrected chi connectivity index (χ0v) is 11.2. The second kappa shape index (κ2) is 8.91. The predicted octanol–water partition coefficient (Wildman–Crippen LogP) is 2.14. The molecule has 0 bridgehead atoms. The molecule has 0 aliphatic rings. The van der Waals surface area contributed by atoms with Crippen LogP contribution in [0, 0.1) is 0 Å². The first-order valence-corrected chi connectivity index (χ1v) is 6.33. The van der Waals surface area contributed by atoms with Crippen LogP contribution in [0.2, 0.25) is 0 Å². The number of hydrogen-bond donors (Lipinski definition) is 1. The highest BCUT2D eigenvalue weighted by atomic mass is 16.5. The van der Waals surface area contributed by atoms with E-state index in [2.05, 4.69) is 0 Å². The third kappa shape index (κ3) is 5.49. The highest BCUT2D eigenvalue weighted by Crippen LogP contribution is 2.16. The van der Waals surface area contributed by atoms with E-state index in [4.69, 9.17) is 19.9 Å². The summed E-state index contributed by atoms with van der Waals surface area (Å²) in [4.78, 5) is 0. The van der Waals surface area contributed by atoms with Gasteiger partial charge in [0.15, 0.2) is 0 Å². The third-order valence-corrected chi connectivity index (χ3v) is 2.55. The fraction of sp³-hybridized carbons (Fsp3) is 0.571. The van der Waals surface area contributed by atoms with Gasteiger partial charge >= 0.3 is 0 Å². The van der Waals surface area contributed by atoms with Gasteiger partial charge in [0.05, 0.1) is 19.3 Å². The van der Waals surface area contributed by atoms with Crippen molar-refractivity contribution in [1.82, 2.24) is 0 Å². The highest BCUT2D eigenvalue weighted by Gasteiger charge is 2.06. The van der Waals surface area contributed by atoms with Crippen molar-refractivity contribution in [2.24, 2.45) is 5.73 Å². The Labute approximate surface area is 109 Å². The molecule has 0 amide bonds. The van der Waals surface area contributed by atoms with Crippen LogP contribution < -0.4 is 10.5 Å². The number of rotatable bonds is 9. The molecule has 18 heavy (non-hydrogen) atoms. The minimum Gasteiger partial charge on any atom is -0.494 e. The largest absolute Gasteiger partial charge is 0.494 e. The van der Waals surface area contributed by atoms with Crippen LogP contribution in [-0.4, -0.2) is 33.5 Å². The van der Waals surface area contributed by atoms with E-state index < -0.39 is 0 Å². The van der Waals surface area contributed by atoms with Gasteiger partial charge in [-0.15, -0.1) is 0 Å². The second-order valence-electron chi connectivity index (χ2n) is 4.03. The van der Waals surface area contributed by atoms with Crippen LogP contribution in [-0.2, 0) is 9.47 Å². The van der Waals surface area contributed by atoms with Crippen LogP contribution in [0.4, 0.5) is 0 Å². The molecule has 102 valence electrons. The van der Waals surface area contributed by atoms with Crippen molar-refractivity contribution in [2.75, 3.05) is 33.5 Å². The van der Waals surface area contributed by atoms with E-state index >= 15 is 0 Å². The van der Waals surface area contributed by atoms with Crippen molar-refractivity contribution in [3.8, 4) is 5.75 Å². The number of methoxy groups -OCH3 is 1. The normalized spacial score (nSPS) is 12.4. The third-order valence-electron chi connectivity index (χ3n) is 2.55. The summed E-state index contributed by atoms with van der Waals surface area (Å²) in [5.74, 6) is 0.870. The molecule has 0 saturated heterocycles. The van der Waals surface area contributed by atoms with Crippen LogP contribution in [0.25, 0.3) is 0 Å². The van der Waals surface area contributed by atoms with Gasteiger partial charge in [-0.1, -0.05) is 12.1 Å². The first-order chi connectivity index (χ1) is 8.77. The lowest BCUT2D eigenvalue weighted by atomic mass is 10.1. The van der Waals surface area contributed by atoms with E-state index in [9.17, 15) is 0 Å². The van der Waals surface area contributed by atoms with Gasteiger partial charge in [0.2, 0.25) is 0 Å². The fourth-order valence-corrected chi connectivity index (χ4v) is 1.59. The Hall–Kier alpha value is -1.10. The Bertz CT molecular complexity index is 313. The van der Waals surface area contributed by atoms with Gasteiger partial charge in [0.1, 0.15) is 5.75 Å². The molecule has 1 aromatic rings. The van der Waals surface area contributed by atoms with Crippen LogP contribution in [0.5, 0.6) is 5.75 Å². The molecule has 0 aliphatic carbocycles. The Balaban J connectivity index is 2.30. The maximum absolute atomic E-state index is 6.04. The average Bonchev–Trinajstić information content (AvgIpc) is 2.39. The Morgan fingerprint density at radius 2 is 1.89 bits per heavy atom. The summed E-state index contributed by atoms with van der Waals surface area (Å²) in [6.45, 7) is 4.57. The van der Waals surface area contributed by atoms with Gasteiger partial charge in [-0.3, -0.25) is 0 Å². The quantitative estimate of drug-likeness (QED) is 0.685. The van der Waals surface area contributed by atoms with E-state index in [0.29, 0.717) is 19.8 Å². The number of hydrogen-bond acceptors (Lipinski definition) is 4. The molecule has 1 rings (SSSR count). The van der Waals surface area contributed by atoms with Crippen molar-refractivity contribution in [3.05, 3.63) is 29.8 Å². The Kier molecular flexibility index (Phi) is 7.41. The first kappa shape index (κ1) is 15.0. The zero-order chi connectivity index (χ0) is 13.2. The molecular weight excluding hydrogens is 230 g/mol. The second-order valence-corrected chi connectivity index (χ2v) is 4.03. The summed E-state index contributed by atoms with van der Waals surface area (Å²) < 4.78 is 15.8. The lowest BCUT2D eigenvalue weighted by Crippen LogP contribution is -2.17. The van der Waals surface area contributed by atoms with Crippen molar-refractivity contribution in [3.63, 3.8) is 0 Å². The average molecular weight is 253 g/mol. The topological polar surface area (TPSA) is 53.7 Å². The lowest BCUT2D eigenvalue weighted by Gasteiger charge is -2.13. The maximum atomic E-state index is 6.04. The van der Waals surface area contributed by atoms with Gasteiger partial charge in [0.25, 0.3) is 0 Å². The van der Waals surface area contributed by atoms with Crippen LogP contribution in [0.3, 0.4) is 0 Å². The Morgan fingerprint density at radius 1 is 1.17 bits per heavy atom. The van der Waals surface area contributed by atoms with E-state index in [0.717, 1.165) is 24.3 Å². The summed E-state index contributed by atoms with van der Waals surface area (Å²) >= 11 is 0. The molecule has 1 unspecified atom stereocenters. The monoisotopic (exact) mass is 253 g/mol. The van der Waals surface area contributed by atoms with E-state index in [-0.39, 0.29) is 6.04 Å². The van der Waals surface area contributed by atoms with Gasteiger partial charge in [0, 0.05) is 20.3 Å². The van der Waals surface area contributed by atoms with Gasteiger partial charge in [-0.2, -0.15) is 0 Å². The summed E-state index contributed by atoms with van der Waals surface area (Å²) in [6.07, 6.45) is 0.895. The van der Waals surface area contributed by atoms with Gasteiger partial charge in [-0.25, -0.2) is 0 Å². The molecule has 1 atom stereocenters. The highest BCUT2D eigenvalue weighted by molar-refractivity contribution is 5.29. The predicted molar refractivity (Wildman–Crippen MR) is 71.9 cm³/mol. The molecule has 0 saturated carbocycles. The molecule has 0 aromatic heterocycles. The molecular formula is C14H23NO3. The summed E-state index contributed by atoms with van der Waals surface area (Å²) in [5.41, 5.74) is 7.10. The minimum atomic E-state index is -0.0942. The molecule has 1 aromatic carbocycles. The van der Waals surface area contributed by atoms with Crippen molar-refractivity contribution in [2.45, 2.75) is 19.4 Å².